The summed E-state index contributed by atoms with van der Waals surface area (Å²) in [6.45, 7) is 0. The number of anilines is 1. The summed E-state index contributed by atoms with van der Waals surface area (Å²) in [6.07, 6.45) is 7.09. The zero-order valence-corrected chi connectivity index (χ0v) is 15.2. The second-order valence-electron chi connectivity index (χ2n) is 5.75. The van der Waals surface area contributed by atoms with E-state index in [-0.39, 0.29) is 5.82 Å². The van der Waals surface area contributed by atoms with E-state index < -0.39 is 23.1 Å². The molecular formula is C19H10ClF2N5O2. The van der Waals surface area contributed by atoms with Crippen LogP contribution < -0.4 is 5.32 Å². The van der Waals surface area contributed by atoms with Crippen molar-refractivity contribution in [1.29, 1.82) is 0 Å². The largest absolute Gasteiger partial charge is 0.445 e. The highest BCUT2D eigenvalue weighted by Gasteiger charge is 2.18. The molecule has 0 aliphatic carbocycles. The number of aromatic nitrogens is 4. The Morgan fingerprint density at radius 1 is 1.03 bits per heavy atom. The Morgan fingerprint density at radius 2 is 1.83 bits per heavy atom. The molecule has 29 heavy (non-hydrogen) atoms. The third-order valence-corrected chi connectivity index (χ3v) is 4.23. The van der Waals surface area contributed by atoms with Crippen molar-refractivity contribution < 1.29 is 18.0 Å². The fraction of sp³-hybridized carbons (Fsp3) is 0. The van der Waals surface area contributed by atoms with Crippen LogP contribution in [-0.4, -0.2) is 25.8 Å². The van der Waals surface area contributed by atoms with E-state index in [0.29, 0.717) is 27.7 Å². The van der Waals surface area contributed by atoms with E-state index in [2.05, 4.69) is 25.3 Å². The fourth-order valence-electron chi connectivity index (χ4n) is 2.56. The van der Waals surface area contributed by atoms with Gasteiger partial charge in [-0.15, -0.1) is 0 Å². The minimum Gasteiger partial charge on any atom is -0.445 e. The lowest BCUT2D eigenvalue weighted by atomic mass is 10.1. The van der Waals surface area contributed by atoms with E-state index in [9.17, 15) is 13.6 Å². The molecule has 0 unspecified atom stereocenters. The smallest absolute Gasteiger partial charge is 0.262 e. The van der Waals surface area contributed by atoms with Crippen LogP contribution in [0.15, 0.2) is 59.9 Å². The predicted molar refractivity (Wildman–Crippen MR) is 100 cm³/mol. The molecule has 3 aromatic heterocycles. The van der Waals surface area contributed by atoms with Crippen molar-refractivity contribution in [3.8, 4) is 22.7 Å². The summed E-state index contributed by atoms with van der Waals surface area (Å²) >= 11 is 6.25. The van der Waals surface area contributed by atoms with E-state index in [1.54, 1.807) is 18.2 Å². The first-order valence-corrected chi connectivity index (χ1v) is 8.53. The summed E-state index contributed by atoms with van der Waals surface area (Å²) in [5.74, 6) is -2.74. The summed E-state index contributed by atoms with van der Waals surface area (Å²) < 4.78 is 32.6. The van der Waals surface area contributed by atoms with E-state index >= 15 is 0 Å². The van der Waals surface area contributed by atoms with Gasteiger partial charge in [-0.2, -0.15) is 0 Å². The van der Waals surface area contributed by atoms with Crippen molar-refractivity contribution in [3.63, 3.8) is 0 Å². The maximum Gasteiger partial charge on any atom is 0.262 e. The zero-order valence-electron chi connectivity index (χ0n) is 14.4. The highest BCUT2D eigenvalue weighted by Crippen LogP contribution is 2.31. The predicted octanol–water partition coefficient (Wildman–Crippen LogP) is 4.38. The Morgan fingerprint density at radius 3 is 2.48 bits per heavy atom. The summed E-state index contributed by atoms with van der Waals surface area (Å²) in [5.41, 5.74) is 0.923. The lowest BCUT2D eigenvalue weighted by Gasteiger charge is -2.08. The van der Waals surface area contributed by atoms with Crippen LogP contribution >= 0.6 is 11.6 Å². The van der Waals surface area contributed by atoms with E-state index in [0.717, 1.165) is 12.4 Å². The highest BCUT2D eigenvalue weighted by atomic mass is 35.5. The van der Waals surface area contributed by atoms with Crippen LogP contribution in [-0.2, 0) is 0 Å². The number of nitrogens with zero attached hydrogens (tertiary/aromatic N) is 4. The van der Waals surface area contributed by atoms with Gasteiger partial charge in [0.1, 0.15) is 11.8 Å². The standard InChI is InChI=1S/C19H10ClF2N5O2/c20-12-2-1-10(19-24-3-4-29-19)5-11(12)15-8-26-16(9-25-15)27-18(28)17-13(21)6-23-7-14(17)22/h1-9H,(H,26,27,28). The van der Waals surface area contributed by atoms with Gasteiger partial charge in [-0.05, 0) is 18.2 Å². The summed E-state index contributed by atoms with van der Waals surface area (Å²) in [4.78, 5) is 27.8. The Balaban J connectivity index is 1.59. The summed E-state index contributed by atoms with van der Waals surface area (Å²) in [5, 5.41) is 2.71. The van der Waals surface area contributed by atoms with Crippen molar-refractivity contribution in [2.75, 3.05) is 5.32 Å². The number of carbonyl (C=O) groups is 1. The van der Waals surface area contributed by atoms with Crippen molar-refractivity contribution in [2.45, 2.75) is 0 Å². The maximum absolute atomic E-state index is 13.7. The van der Waals surface area contributed by atoms with Gasteiger partial charge in [-0.25, -0.2) is 18.7 Å². The maximum atomic E-state index is 13.7. The molecule has 0 saturated heterocycles. The number of nitrogens with one attached hydrogen (secondary N) is 1. The molecule has 4 rings (SSSR count). The van der Waals surface area contributed by atoms with Gasteiger partial charge in [0.15, 0.2) is 17.5 Å². The van der Waals surface area contributed by atoms with Crippen molar-refractivity contribution in [2.24, 2.45) is 0 Å². The average Bonchev–Trinajstić information content (AvgIpc) is 3.24. The number of benzene rings is 1. The van der Waals surface area contributed by atoms with Crippen LogP contribution in [0.25, 0.3) is 22.7 Å². The zero-order chi connectivity index (χ0) is 20.4. The normalized spacial score (nSPS) is 10.7. The lowest BCUT2D eigenvalue weighted by molar-refractivity contribution is 0.101. The SMILES string of the molecule is O=C(Nc1cnc(-c2cc(-c3ncco3)ccc2Cl)cn1)c1c(F)cncc1F. The van der Waals surface area contributed by atoms with Gasteiger partial charge in [-0.1, -0.05) is 11.6 Å². The van der Waals surface area contributed by atoms with Gasteiger partial charge in [-0.3, -0.25) is 14.8 Å². The third-order valence-electron chi connectivity index (χ3n) is 3.90. The van der Waals surface area contributed by atoms with Gasteiger partial charge in [0.25, 0.3) is 5.91 Å². The Hall–Kier alpha value is -3.72. The molecule has 0 atom stereocenters. The van der Waals surface area contributed by atoms with Crippen LogP contribution in [0.2, 0.25) is 5.02 Å². The number of carbonyl (C=O) groups excluding carboxylic acids is 1. The molecule has 0 bridgehead atoms. The van der Waals surface area contributed by atoms with Crippen molar-refractivity contribution in [1.82, 2.24) is 19.9 Å². The number of hydrogen-bond donors (Lipinski definition) is 1. The monoisotopic (exact) mass is 413 g/mol. The molecule has 0 aliphatic rings. The quantitative estimate of drug-likeness (QED) is 0.533. The molecule has 7 nitrogen and oxygen atoms in total. The molecule has 0 aliphatic heterocycles. The van der Waals surface area contributed by atoms with E-state index in [4.69, 9.17) is 16.0 Å². The number of rotatable bonds is 4. The Kier molecular flexibility index (Phi) is 4.96. The minimum atomic E-state index is -1.08. The summed E-state index contributed by atoms with van der Waals surface area (Å²) in [6, 6.07) is 5.15. The second kappa shape index (κ2) is 7.72. The first-order valence-electron chi connectivity index (χ1n) is 8.15. The van der Waals surface area contributed by atoms with Crippen LogP contribution in [0.1, 0.15) is 10.4 Å². The lowest BCUT2D eigenvalue weighted by Crippen LogP contribution is -2.17. The fourth-order valence-corrected chi connectivity index (χ4v) is 2.77. The third kappa shape index (κ3) is 3.81. The molecule has 4 aromatic rings. The molecule has 144 valence electrons. The second-order valence-corrected chi connectivity index (χ2v) is 6.16. The van der Waals surface area contributed by atoms with Crippen LogP contribution in [0.5, 0.6) is 0 Å². The molecule has 0 fully saturated rings. The Labute approximate surface area is 167 Å². The van der Waals surface area contributed by atoms with Crippen molar-refractivity contribution >= 4 is 23.3 Å². The van der Waals surface area contributed by atoms with Gasteiger partial charge < -0.3 is 9.73 Å². The molecule has 1 amide bonds. The number of oxazole rings is 1. The van der Waals surface area contributed by atoms with Crippen LogP contribution in [0, 0.1) is 11.6 Å². The first-order chi connectivity index (χ1) is 14.0. The Bertz CT molecular complexity index is 1160. The van der Waals surface area contributed by atoms with Gasteiger partial charge in [0.05, 0.1) is 41.7 Å². The summed E-state index contributed by atoms with van der Waals surface area (Å²) in [7, 11) is 0. The molecule has 3 heterocycles. The number of hydrogen-bond acceptors (Lipinski definition) is 6. The van der Waals surface area contributed by atoms with Gasteiger partial charge in [0.2, 0.25) is 5.89 Å². The number of amides is 1. The van der Waals surface area contributed by atoms with Crippen LogP contribution in [0.4, 0.5) is 14.6 Å². The molecule has 0 saturated carbocycles. The topological polar surface area (TPSA) is 93.8 Å². The molecule has 1 N–H and O–H groups in total. The van der Waals surface area contributed by atoms with E-state index in [1.165, 1.54) is 24.9 Å². The molecule has 0 spiro atoms. The minimum absolute atomic E-state index is 0.00865. The van der Waals surface area contributed by atoms with Gasteiger partial charge in [0, 0.05) is 11.1 Å². The molecule has 10 heteroatoms. The van der Waals surface area contributed by atoms with E-state index in [1.807, 2.05) is 0 Å². The highest BCUT2D eigenvalue weighted by molar-refractivity contribution is 6.33. The molecule has 1 aromatic carbocycles. The average molecular weight is 414 g/mol. The number of pyridine rings is 1. The van der Waals surface area contributed by atoms with Crippen molar-refractivity contribution in [3.05, 3.63) is 77.7 Å². The number of halogens is 3. The molecule has 0 radical (unpaired) electrons. The first kappa shape index (κ1) is 18.6. The molecular weight excluding hydrogens is 404 g/mol. The van der Waals surface area contributed by atoms with Crippen LogP contribution in [0.3, 0.4) is 0 Å². The van der Waals surface area contributed by atoms with Gasteiger partial charge >= 0.3 is 0 Å².